The van der Waals surface area contributed by atoms with Gasteiger partial charge in [0.1, 0.15) is 17.2 Å². The molecule has 1 aromatic carbocycles. The van der Waals surface area contributed by atoms with Crippen molar-refractivity contribution in [3.05, 3.63) is 41.6 Å². The number of anilines is 1. The number of carbonyl (C=O) groups is 1. The van der Waals surface area contributed by atoms with Gasteiger partial charge in [-0.1, -0.05) is 6.42 Å². The molecule has 4 rings (SSSR count). The largest absolute Gasteiger partial charge is 0.462 e. The Balaban J connectivity index is 1.67. The Morgan fingerprint density at radius 1 is 1.29 bits per heavy atom. The molecule has 10 nitrogen and oxygen atoms in total. The Bertz CT molecular complexity index is 1220. The van der Waals surface area contributed by atoms with Crippen LogP contribution in [0.1, 0.15) is 42.4 Å². The van der Waals surface area contributed by atoms with Gasteiger partial charge in [-0.25, -0.2) is 9.18 Å². The summed E-state index contributed by atoms with van der Waals surface area (Å²) in [5.41, 5.74) is 0.0160. The molecular weight excluding hydrogens is 427 g/mol. The predicted molar refractivity (Wildman–Crippen MR) is 108 cm³/mol. The average molecular weight is 448 g/mol. The molecule has 12 heteroatoms. The number of carbonyl (C=O) groups excluding carboxylic acids is 1. The van der Waals surface area contributed by atoms with Gasteiger partial charge in [-0.05, 0) is 38.0 Å². The van der Waals surface area contributed by atoms with E-state index < -0.39 is 26.8 Å². The summed E-state index contributed by atoms with van der Waals surface area (Å²) in [6, 6.07) is 3.80. The zero-order valence-corrected chi connectivity index (χ0v) is 17.6. The zero-order chi connectivity index (χ0) is 22.0. The first-order chi connectivity index (χ1) is 14.9. The number of rotatable bonds is 6. The molecule has 3 aromatic rings. The molecule has 0 unspecified atom stereocenters. The molecule has 0 amide bonds. The topological polar surface area (TPSA) is 132 Å². The van der Waals surface area contributed by atoms with Crippen molar-refractivity contribution >= 4 is 21.7 Å². The summed E-state index contributed by atoms with van der Waals surface area (Å²) in [5, 5.41) is 13.8. The quantitative estimate of drug-likeness (QED) is 0.554. The third-order valence-corrected chi connectivity index (χ3v) is 6.29. The number of aryl methyl sites for hydroxylation is 1. The van der Waals surface area contributed by atoms with E-state index in [-0.39, 0.29) is 23.4 Å². The summed E-state index contributed by atoms with van der Waals surface area (Å²) < 4.78 is 49.4. The number of H-pyrrole nitrogens is 1. The smallest absolute Gasteiger partial charge is 0.342 e. The summed E-state index contributed by atoms with van der Waals surface area (Å²) >= 11 is 0. The van der Waals surface area contributed by atoms with Gasteiger partial charge in [0.25, 0.3) is 10.0 Å². The van der Waals surface area contributed by atoms with Gasteiger partial charge in [0, 0.05) is 18.7 Å². The Kier molecular flexibility index (Phi) is 5.72. The lowest BCUT2D eigenvalue weighted by Gasteiger charge is -2.11. The normalized spacial score (nSPS) is 14.0. The molecule has 164 valence electrons. The van der Waals surface area contributed by atoms with E-state index in [1.54, 1.807) is 6.92 Å². The second-order valence-electron chi connectivity index (χ2n) is 7.04. The number of halogens is 1. The number of fused-ring (bicyclic) bond motifs is 1. The Labute approximate surface area is 177 Å². The number of nitrogens with zero attached hydrogens (tertiary/aromatic N) is 4. The molecule has 31 heavy (non-hydrogen) atoms. The van der Waals surface area contributed by atoms with Crippen LogP contribution in [0.5, 0.6) is 0 Å². The van der Waals surface area contributed by atoms with Crippen molar-refractivity contribution in [1.82, 2.24) is 25.0 Å². The van der Waals surface area contributed by atoms with Crippen LogP contribution in [0.25, 0.3) is 11.4 Å². The predicted octanol–water partition coefficient (Wildman–Crippen LogP) is 2.51. The van der Waals surface area contributed by atoms with Crippen molar-refractivity contribution in [3.8, 4) is 11.4 Å². The van der Waals surface area contributed by atoms with Crippen molar-refractivity contribution in [3.63, 3.8) is 0 Å². The lowest BCUT2D eigenvalue weighted by Crippen LogP contribution is -2.18. The molecule has 2 aromatic heterocycles. The highest BCUT2D eigenvalue weighted by atomic mass is 32.2. The van der Waals surface area contributed by atoms with E-state index in [1.165, 1.54) is 12.1 Å². The van der Waals surface area contributed by atoms with Crippen LogP contribution in [0.15, 0.2) is 29.4 Å². The minimum absolute atomic E-state index is 0.0842. The summed E-state index contributed by atoms with van der Waals surface area (Å²) in [4.78, 5) is 12.0. The molecule has 0 fully saturated rings. The number of sulfonamides is 1. The molecule has 3 heterocycles. The molecule has 1 aliphatic rings. The Morgan fingerprint density at radius 3 is 2.94 bits per heavy atom. The van der Waals surface area contributed by atoms with Gasteiger partial charge in [0.2, 0.25) is 0 Å². The van der Waals surface area contributed by atoms with Crippen molar-refractivity contribution in [2.24, 2.45) is 0 Å². The highest BCUT2D eigenvalue weighted by Crippen LogP contribution is 2.28. The maximum absolute atomic E-state index is 14.6. The number of hydrogen-bond donors (Lipinski definition) is 2. The third kappa shape index (κ3) is 4.15. The van der Waals surface area contributed by atoms with Gasteiger partial charge in [0.05, 0.1) is 18.4 Å². The van der Waals surface area contributed by atoms with Crippen molar-refractivity contribution in [1.29, 1.82) is 0 Å². The molecule has 0 bridgehead atoms. The number of hydrogen-bond acceptors (Lipinski definition) is 7. The van der Waals surface area contributed by atoms with E-state index in [4.69, 9.17) is 4.74 Å². The highest BCUT2D eigenvalue weighted by Gasteiger charge is 2.27. The van der Waals surface area contributed by atoms with Gasteiger partial charge in [-0.3, -0.25) is 9.82 Å². The first kappa shape index (κ1) is 21.0. The minimum Gasteiger partial charge on any atom is -0.462 e. The van der Waals surface area contributed by atoms with E-state index in [0.717, 1.165) is 43.8 Å². The molecule has 0 radical (unpaired) electrons. The lowest BCUT2D eigenvalue weighted by atomic mass is 10.1. The highest BCUT2D eigenvalue weighted by molar-refractivity contribution is 7.92. The SMILES string of the molecule is CCOC(=O)c1cn[nH]c1S(=O)(=O)Nc1ccc(F)c(-c2nnc3n2CCCCC3)c1. The number of esters is 1. The molecule has 0 atom stereocenters. The fourth-order valence-electron chi connectivity index (χ4n) is 3.48. The molecule has 2 N–H and O–H groups in total. The minimum atomic E-state index is -4.22. The van der Waals surface area contributed by atoms with Gasteiger partial charge in [0.15, 0.2) is 10.9 Å². The molecule has 0 aliphatic carbocycles. The Morgan fingerprint density at radius 2 is 2.13 bits per heavy atom. The maximum Gasteiger partial charge on any atom is 0.342 e. The third-order valence-electron chi connectivity index (χ3n) is 4.94. The van der Waals surface area contributed by atoms with Crippen LogP contribution in [-0.2, 0) is 27.7 Å². The van der Waals surface area contributed by atoms with E-state index in [0.29, 0.717) is 12.4 Å². The summed E-state index contributed by atoms with van der Waals surface area (Å²) in [7, 11) is -4.22. The van der Waals surface area contributed by atoms with E-state index in [9.17, 15) is 17.6 Å². The van der Waals surface area contributed by atoms with Crippen LogP contribution in [0.4, 0.5) is 10.1 Å². The second kappa shape index (κ2) is 8.46. The first-order valence-corrected chi connectivity index (χ1v) is 11.3. The van der Waals surface area contributed by atoms with Gasteiger partial charge >= 0.3 is 5.97 Å². The molecule has 0 saturated carbocycles. The summed E-state index contributed by atoms with van der Waals surface area (Å²) in [5.74, 6) is -0.225. The zero-order valence-electron chi connectivity index (χ0n) is 16.8. The maximum atomic E-state index is 14.6. The van der Waals surface area contributed by atoms with E-state index in [2.05, 4.69) is 25.1 Å². The number of aromatic nitrogens is 5. The van der Waals surface area contributed by atoms with E-state index >= 15 is 0 Å². The van der Waals surface area contributed by atoms with E-state index in [1.807, 2.05) is 4.57 Å². The molecule has 1 aliphatic heterocycles. The fourth-order valence-corrected chi connectivity index (χ4v) is 4.62. The van der Waals surface area contributed by atoms with Crippen LogP contribution in [-0.4, -0.2) is 46.0 Å². The first-order valence-electron chi connectivity index (χ1n) is 9.86. The van der Waals surface area contributed by atoms with Crippen LogP contribution < -0.4 is 4.72 Å². The van der Waals surface area contributed by atoms with Gasteiger partial charge in [-0.15, -0.1) is 10.2 Å². The number of aromatic amines is 1. The average Bonchev–Trinajstić information content (AvgIpc) is 3.32. The number of nitrogens with one attached hydrogen (secondary N) is 2. The molecular formula is C19H21FN6O4S. The molecule has 0 saturated heterocycles. The van der Waals surface area contributed by atoms with Crippen LogP contribution >= 0.6 is 0 Å². The van der Waals surface area contributed by atoms with Gasteiger partial charge in [-0.2, -0.15) is 13.5 Å². The van der Waals surface area contributed by atoms with Gasteiger partial charge < -0.3 is 9.30 Å². The van der Waals surface area contributed by atoms with Crippen LogP contribution in [0.3, 0.4) is 0 Å². The summed E-state index contributed by atoms with van der Waals surface area (Å²) in [6.07, 6.45) is 4.82. The second-order valence-corrected chi connectivity index (χ2v) is 8.65. The molecule has 0 spiro atoms. The van der Waals surface area contributed by atoms with Crippen molar-refractivity contribution in [2.45, 2.75) is 44.2 Å². The lowest BCUT2D eigenvalue weighted by molar-refractivity contribution is 0.0522. The number of ether oxygens (including phenoxy) is 1. The summed E-state index contributed by atoms with van der Waals surface area (Å²) in [6.45, 7) is 2.36. The van der Waals surface area contributed by atoms with Crippen molar-refractivity contribution in [2.75, 3.05) is 11.3 Å². The Hall–Kier alpha value is -3.28. The monoisotopic (exact) mass is 448 g/mol. The van der Waals surface area contributed by atoms with Crippen LogP contribution in [0, 0.1) is 5.82 Å². The number of benzene rings is 1. The van der Waals surface area contributed by atoms with Crippen LogP contribution in [0.2, 0.25) is 0 Å². The standard InChI is InChI=1S/C19H21FN6O4S/c1-2-30-19(27)14-11-21-24-18(14)31(28,29)25-12-7-8-15(20)13(10-12)17-23-22-16-6-4-3-5-9-26(16)17/h7-8,10-11,25H,2-6,9H2,1H3,(H,21,24). The van der Waals surface area contributed by atoms with Crippen molar-refractivity contribution < 1.29 is 22.3 Å². The fraction of sp³-hybridized carbons (Fsp3) is 0.368.